The Morgan fingerprint density at radius 2 is 1.23 bits per heavy atom. The molecule has 6 rings (SSSR count). The molecule has 0 aliphatic rings. The van der Waals surface area contributed by atoms with E-state index in [9.17, 15) is 14.7 Å². The van der Waals surface area contributed by atoms with Gasteiger partial charge in [0.25, 0.3) is 14.1 Å². The number of ketones is 1. The highest BCUT2D eigenvalue weighted by molar-refractivity contribution is 6.99. The molecule has 242 valence electrons. The van der Waals surface area contributed by atoms with Crippen molar-refractivity contribution < 1.29 is 19.1 Å². The lowest BCUT2D eigenvalue weighted by Crippen LogP contribution is -2.66. The van der Waals surface area contributed by atoms with Gasteiger partial charge in [-0.2, -0.15) is 0 Å². The molecule has 0 aliphatic heterocycles. The van der Waals surface area contributed by atoms with Gasteiger partial charge in [-0.1, -0.05) is 154 Å². The quantitative estimate of drug-likeness (QED) is 0.0855. The minimum atomic E-state index is -2.92. The number of hydrogen-bond donors (Lipinski definition) is 1. The van der Waals surface area contributed by atoms with Crippen LogP contribution >= 0.6 is 11.6 Å². The van der Waals surface area contributed by atoms with Crippen molar-refractivity contribution in [2.24, 2.45) is 0 Å². The van der Waals surface area contributed by atoms with Crippen molar-refractivity contribution in [1.29, 1.82) is 0 Å². The van der Waals surface area contributed by atoms with E-state index in [0.717, 1.165) is 27.0 Å². The molecule has 0 aliphatic carbocycles. The summed E-state index contributed by atoms with van der Waals surface area (Å²) in [4.78, 5) is 26.1. The van der Waals surface area contributed by atoms with Crippen molar-refractivity contribution in [3.8, 4) is 0 Å². The van der Waals surface area contributed by atoms with Crippen molar-refractivity contribution in [3.63, 3.8) is 0 Å². The molecule has 0 spiro atoms. The molecule has 0 fully saturated rings. The van der Waals surface area contributed by atoms with Crippen LogP contribution in [-0.2, 0) is 15.6 Å². The van der Waals surface area contributed by atoms with Gasteiger partial charge in [0.05, 0.1) is 11.6 Å². The fraction of sp³-hybridized carbons (Fsp3) is 0.171. The van der Waals surface area contributed by atoms with Crippen LogP contribution in [-0.4, -0.2) is 36.4 Å². The Morgan fingerprint density at radius 1 is 0.750 bits per heavy atom. The summed E-state index contributed by atoms with van der Waals surface area (Å²) in [5, 5.41) is 13.1. The van der Waals surface area contributed by atoms with Crippen LogP contribution in [0.5, 0.6) is 0 Å². The summed E-state index contributed by atoms with van der Waals surface area (Å²) in [6.45, 7) is 6.92. The maximum Gasteiger partial charge on any atom is 0.377 e. The van der Waals surface area contributed by atoms with E-state index < -0.39 is 20.1 Å². The van der Waals surface area contributed by atoms with Crippen LogP contribution in [0.25, 0.3) is 10.9 Å². The van der Waals surface area contributed by atoms with E-state index in [1.54, 1.807) is 12.1 Å². The number of nitrogens with zero attached hydrogens (tertiary/aromatic N) is 1. The Kier molecular flexibility index (Phi) is 9.51. The predicted octanol–water partition coefficient (Wildman–Crippen LogP) is 8.32. The summed E-state index contributed by atoms with van der Waals surface area (Å²) >= 11 is 6.51. The summed E-state index contributed by atoms with van der Waals surface area (Å²) < 4.78 is 9.38. The molecule has 1 N–H and O–H groups in total. The molecule has 7 heteroatoms. The molecule has 0 radical (unpaired) electrons. The number of rotatable bonds is 11. The Bertz CT molecular complexity index is 1960. The first-order valence-corrected chi connectivity index (χ1v) is 18.4. The highest BCUT2D eigenvalue weighted by atomic mass is 35.5. The first kappa shape index (κ1) is 33.2. The summed E-state index contributed by atoms with van der Waals surface area (Å²) in [6.07, 6.45) is 0.293. The zero-order valence-electron chi connectivity index (χ0n) is 27.3. The monoisotopic (exact) mass is 671 g/mol. The second kappa shape index (κ2) is 13.8. The third-order valence-corrected chi connectivity index (χ3v) is 14.3. The van der Waals surface area contributed by atoms with Crippen LogP contribution in [0.2, 0.25) is 10.1 Å². The molecule has 0 atom stereocenters. The van der Waals surface area contributed by atoms with Gasteiger partial charge in [0.15, 0.2) is 0 Å². The standard InChI is InChI=1S/C41H38ClNO4Si/c1-41(2,3)48(32-20-12-6-13-21-32,33-22-14-7-15-23-33)47-27-26-36-37(39(44)40(45)46)34-28-31(42)24-25-35(34)43(36)38(29-16-8-4-9-17-29)30-18-10-5-11-19-30/h4-25,28,38H,26-27H2,1-3H3,(H,45,46). The zero-order chi connectivity index (χ0) is 33.9. The Hall–Kier alpha value is -4.75. The maximum atomic E-state index is 13.7. The molecular formula is C41H38ClNO4Si. The average molecular weight is 672 g/mol. The molecule has 5 aromatic carbocycles. The Balaban J connectivity index is 1.57. The number of carbonyl (C=O) groups is 2. The molecule has 1 heterocycles. The normalized spacial score (nSPS) is 12.0. The number of aromatic nitrogens is 1. The van der Waals surface area contributed by atoms with Gasteiger partial charge < -0.3 is 14.1 Å². The van der Waals surface area contributed by atoms with Gasteiger partial charge in [-0.05, 0) is 44.7 Å². The molecule has 6 aromatic rings. The SMILES string of the molecule is CC(C)(C)[Si](OCCc1c(C(=O)C(=O)O)c2cc(Cl)ccc2n1C(c1ccccc1)c1ccccc1)(c1ccccc1)c1ccccc1. The third kappa shape index (κ3) is 6.15. The molecule has 0 saturated heterocycles. The van der Waals surface area contributed by atoms with E-state index in [1.165, 1.54) is 0 Å². The molecule has 0 bridgehead atoms. The number of carboxylic acid groups (broad SMARTS) is 1. The Labute approximate surface area is 287 Å². The van der Waals surface area contributed by atoms with Gasteiger partial charge >= 0.3 is 5.97 Å². The van der Waals surface area contributed by atoms with E-state index in [4.69, 9.17) is 16.0 Å². The number of aliphatic carboxylic acids is 1. The first-order chi connectivity index (χ1) is 23.1. The van der Waals surface area contributed by atoms with E-state index in [2.05, 4.69) is 73.9 Å². The van der Waals surface area contributed by atoms with Crippen molar-refractivity contribution >= 4 is 52.9 Å². The van der Waals surface area contributed by atoms with Crippen molar-refractivity contribution in [3.05, 3.63) is 167 Å². The topological polar surface area (TPSA) is 68.5 Å². The lowest BCUT2D eigenvalue weighted by atomic mass is 9.97. The average Bonchev–Trinajstić information content (AvgIpc) is 3.40. The minimum Gasteiger partial charge on any atom is -0.475 e. The summed E-state index contributed by atoms with van der Waals surface area (Å²) in [5.74, 6) is -2.49. The number of Topliss-reactive ketones (excluding diaryl/α,β-unsaturated/α-hetero) is 1. The molecule has 0 unspecified atom stereocenters. The van der Waals surface area contributed by atoms with Gasteiger partial charge in [0.1, 0.15) is 0 Å². The second-order valence-corrected chi connectivity index (χ2v) is 17.7. The van der Waals surface area contributed by atoms with Gasteiger partial charge in [-0.25, -0.2) is 4.79 Å². The highest BCUT2D eigenvalue weighted by Gasteiger charge is 2.50. The number of halogens is 1. The summed E-state index contributed by atoms with van der Waals surface area (Å²) in [7, 11) is -2.92. The van der Waals surface area contributed by atoms with E-state index in [1.807, 2.05) is 78.9 Å². The number of carboxylic acids is 1. The summed E-state index contributed by atoms with van der Waals surface area (Å²) in [5.41, 5.74) is 3.46. The van der Waals surface area contributed by atoms with Crippen LogP contribution in [0, 0.1) is 0 Å². The van der Waals surface area contributed by atoms with Crippen LogP contribution in [0.1, 0.15) is 54.0 Å². The molecule has 48 heavy (non-hydrogen) atoms. The molecule has 1 aromatic heterocycles. The third-order valence-electron chi connectivity index (χ3n) is 9.05. The fourth-order valence-electron chi connectivity index (χ4n) is 7.06. The lowest BCUT2D eigenvalue weighted by Gasteiger charge is -2.43. The van der Waals surface area contributed by atoms with Crippen LogP contribution in [0.15, 0.2) is 140 Å². The maximum absolute atomic E-state index is 13.7. The largest absolute Gasteiger partial charge is 0.475 e. The van der Waals surface area contributed by atoms with Gasteiger partial charge in [-0.3, -0.25) is 4.79 Å². The van der Waals surface area contributed by atoms with Gasteiger partial charge in [-0.15, -0.1) is 0 Å². The Morgan fingerprint density at radius 3 is 1.69 bits per heavy atom. The lowest BCUT2D eigenvalue weighted by molar-refractivity contribution is -0.131. The van der Waals surface area contributed by atoms with Crippen molar-refractivity contribution in [2.75, 3.05) is 6.61 Å². The number of carbonyl (C=O) groups excluding carboxylic acids is 1. The molecular weight excluding hydrogens is 634 g/mol. The number of benzene rings is 5. The zero-order valence-corrected chi connectivity index (χ0v) is 29.0. The highest BCUT2D eigenvalue weighted by Crippen LogP contribution is 2.40. The summed E-state index contributed by atoms with van der Waals surface area (Å²) in [6, 6.07) is 45.9. The minimum absolute atomic E-state index is 0.142. The predicted molar refractivity (Wildman–Crippen MR) is 196 cm³/mol. The number of hydrogen-bond acceptors (Lipinski definition) is 3. The van der Waals surface area contributed by atoms with Crippen molar-refractivity contribution in [2.45, 2.75) is 38.3 Å². The molecule has 0 amide bonds. The fourth-order valence-corrected chi connectivity index (χ4v) is 11.8. The van der Waals surface area contributed by atoms with E-state index in [0.29, 0.717) is 22.5 Å². The first-order valence-electron chi connectivity index (χ1n) is 16.1. The van der Waals surface area contributed by atoms with Crippen LogP contribution in [0.3, 0.4) is 0 Å². The van der Waals surface area contributed by atoms with Crippen molar-refractivity contribution in [1.82, 2.24) is 4.57 Å². The van der Waals surface area contributed by atoms with E-state index in [-0.39, 0.29) is 23.3 Å². The smallest absolute Gasteiger partial charge is 0.377 e. The number of fused-ring (bicyclic) bond motifs is 1. The van der Waals surface area contributed by atoms with Gasteiger partial charge in [0, 0.05) is 34.6 Å². The van der Waals surface area contributed by atoms with Gasteiger partial charge in [0.2, 0.25) is 0 Å². The van der Waals surface area contributed by atoms with Crippen LogP contribution in [0.4, 0.5) is 0 Å². The molecule has 5 nitrogen and oxygen atoms in total. The van der Waals surface area contributed by atoms with E-state index >= 15 is 0 Å². The molecule has 0 saturated carbocycles. The van der Waals surface area contributed by atoms with Crippen LogP contribution < -0.4 is 10.4 Å². The second-order valence-electron chi connectivity index (χ2n) is 13.0.